The molecule has 1 saturated heterocycles. The number of carbonyl (C=O) groups is 1. The average molecular weight is 497 g/mol. The quantitative estimate of drug-likeness (QED) is 0.614. The van der Waals surface area contributed by atoms with Crippen LogP contribution in [0.25, 0.3) is 0 Å². The van der Waals surface area contributed by atoms with Crippen molar-refractivity contribution in [3.05, 3.63) is 52.8 Å². The molecule has 0 unspecified atom stereocenters. The van der Waals surface area contributed by atoms with Crippen LogP contribution in [0.2, 0.25) is 5.02 Å². The van der Waals surface area contributed by atoms with Crippen LogP contribution in [0.3, 0.4) is 0 Å². The number of nitrogens with zero attached hydrogens (tertiary/aromatic N) is 3. The van der Waals surface area contributed by atoms with Gasteiger partial charge in [-0.05, 0) is 43.0 Å². The van der Waals surface area contributed by atoms with Gasteiger partial charge in [0.15, 0.2) is 0 Å². The van der Waals surface area contributed by atoms with Crippen molar-refractivity contribution in [2.24, 2.45) is 16.7 Å². The number of aromatic nitrogens is 1. The summed E-state index contributed by atoms with van der Waals surface area (Å²) >= 11 is 6.18. The Hall–Kier alpha value is -2.82. The van der Waals surface area contributed by atoms with Crippen LogP contribution in [0, 0.1) is 28.1 Å². The van der Waals surface area contributed by atoms with E-state index in [1.54, 1.807) is 30.5 Å². The zero-order valence-corrected chi connectivity index (χ0v) is 21.5. The first-order chi connectivity index (χ1) is 16.6. The van der Waals surface area contributed by atoms with E-state index in [0.717, 1.165) is 31.6 Å². The van der Waals surface area contributed by atoms with Crippen LogP contribution in [0.15, 0.2) is 36.5 Å². The smallest absolute Gasteiger partial charge is 0.270 e. The summed E-state index contributed by atoms with van der Waals surface area (Å²) in [6.45, 7) is 10.3. The van der Waals surface area contributed by atoms with Crippen molar-refractivity contribution in [2.45, 2.75) is 52.7 Å². The summed E-state index contributed by atoms with van der Waals surface area (Å²) in [6, 6.07) is 10.7. The summed E-state index contributed by atoms with van der Waals surface area (Å²) in [4.78, 5) is 19.8. The summed E-state index contributed by atoms with van der Waals surface area (Å²) in [7, 11) is 0. The molecule has 1 aromatic heterocycles. The Morgan fingerprint density at radius 1 is 1.23 bits per heavy atom. The topological polar surface area (TPSA) is 98.5 Å². The molecule has 1 aliphatic carbocycles. The van der Waals surface area contributed by atoms with Gasteiger partial charge in [0, 0.05) is 42.6 Å². The molecule has 2 N–H and O–H groups in total. The zero-order chi connectivity index (χ0) is 25.4. The van der Waals surface area contributed by atoms with E-state index in [9.17, 15) is 9.90 Å². The van der Waals surface area contributed by atoms with E-state index in [1.165, 1.54) is 0 Å². The molecule has 2 aliphatic rings. The number of hydrogen-bond donors (Lipinski definition) is 2. The van der Waals surface area contributed by atoms with Gasteiger partial charge in [-0.1, -0.05) is 39.3 Å². The number of pyridine rings is 1. The molecule has 0 atom stereocenters. The monoisotopic (exact) mass is 496 g/mol. The van der Waals surface area contributed by atoms with Crippen molar-refractivity contribution in [3.63, 3.8) is 0 Å². The number of aliphatic hydroxyl groups excluding tert-OH is 1. The number of carbonyl (C=O) groups excluding carboxylic acids is 1. The van der Waals surface area contributed by atoms with Gasteiger partial charge in [0.1, 0.15) is 23.6 Å². The van der Waals surface area contributed by atoms with E-state index in [0.29, 0.717) is 27.9 Å². The molecule has 1 amide bonds. The second kappa shape index (κ2) is 9.67. The molecular weight excluding hydrogens is 464 g/mol. The van der Waals surface area contributed by atoms with Crippen LogP contribution in [-0.4, -0.2) is 47.8 Å². The molecule has 0 radical (unpaired) electrons. The molecule has 0 bridgehead atoms. The molecule has 35 heavy (non-hydrogen) atoms. The third-order valence-corrected chi connectivity index (χ3v) is 7.96. The van der Waals surface area contributed by atoms with Gasteiger partial charge < -0.3 is 20.1 Å². The van der Waals surface area contributed by atoms with Gasteiger partial charge in [-0.15, -0.1) is 0 Å². The van der Waals surface area contributed by atoms with Crippen LogP contribution in [0.4, 0.5) is 5.69 Å². The fourth-order valence-corrected chi connectivity index (χ4v) is 6.09. The maximum atomic E-state index is 13.1. The summed E-state index contributed by atoms with van der Waals surface area (Å²) in [6.07, 6.45) is 3.51. The van der Waals surface area contributed by atoms with Crippen molar-refractivity contribution in [3.8, 4) is 11.8 Å². The summed E-state index contributed by atoms with van der Waals surface area (Å²) in [5, 5.41) is 22.0. The summed E-state index contributed by atoms with van der Waals surface area (Å²) < 4.78 is 6.30. The van der Waals surface area contributed by atoms with Crippen molar-refractivity contribution in [1.82, 2.24) is 10.3 Å². The molecule has 8 heteroatoms. The normalized spacial score (nSPS) is 23.2. The summed E-state index contributed by atoms with van der Waals surface area (Å²) in [5.74, 6) is 0.770. The number of anilines is 1. The molecule has 7 nitrogen and oxygen atoms in total. The number of benzene rings is 1. The number of rotatable bonds is 6. The SMILES string of the molecule is CC1(C)C(NC(=O)c2ccc(N3CCC(CO)CC3)cn2)C(C)(C)C1Oc1ccc(C#N)c(Cl)c1. The molecule has 1 aromatic carbocycles. The van der Waals surface area contributed by atoms with E-state index in [-0.39, 0.29) is 35.5 Å². The van der Waals surface area contributed by atoms with E-state index < -0.39 is 0 Å². The first-order valence-corrected chi connectivity index (χ1v) is 12.4. The third kappa shape index (κ3) is 4.82. The van der Waals surface area contributed by atoms with Crippen LogP contribution in [0.1, 0.15) is 56.6 Å². The van der Waals surface area contributed by atoms with Gasteiger partial charge in [-0.3, -0.25) is 4.79 Å². The number of amides is 1. The summed E-state index contributed by atoms with van der Waals surface area (Å²) in [5.41, 5.74) is 1.11. The number of halogens is 1. The van der Waals surface area contributed by atoms with Gasteiger partial charge in [0.2, 0.25) is 0 Å². The lowest BCUT2D eigenvalue weighted by atomic mass is 9.49. The van der Waals surface area contributed by atoms with Crippen LogP contribution >= 0.6 is 11.6 Å². The van der Waals surface area contributed by atoms with E-state index in [1.807, 2.05) is 6.07 Å². The number of ether oxygens (including phenoxy) is 1. The lowest BCUT2D eigenvalue weighted by molar-refractivity contribution is -0.164. The minimum atomic E-state index is -0.337. The largest absolute Gasteiger partial charge is 0.489 e. The molecule has 0 spiro atoms. The Bertz CT molecular complexity index is 1100. The molecular formula is C27H33ClN4O3. The fraction of sp³-hybridized carbons (Fsp3) is 0.519. The zero-order valence-electron chi connectivity index (χ0n) is 20.7. The van der Waals surface area contributed by atoms with Crippen LogP contribution in [-0.2, 0) is 0 Å². The Kier molecular flexibility index (Phi) is 6.99. The Morgan fingerprint density at radius 2 is 1.91 bits per heavy atom. The molecule has 1 aliphatic heterocycles. The van der Waals surface area contributed by atoms with Crippen molar-refractivity contribution >= 4 is 23.2 Å². The van der Waals surface area contributed by atoms with Gasteiger partial charge >= 0.3 is 0 Å². The Morgan fingerprint density at radius 3 is 2.46 bits per heavy atom. The number of piperidine rings is 1. The maximum Gasteiger partial charge on any atom is 0.270 e. The molecule has 2 fully saturated rings. The minimum absolute atomic E-state index is 0.125. The Balaban J connectivity index is 1.40. The molecule has 186 valence electrons. The number of nitrogens with one attached hydrogen (secondary N) is 1. The van der Waals surface area contributed by atoms with Gasteiger partial charge in [-0.25, -0.2) is 4.98 Å². The molecule has 2 aromatic rings. The highest BCUT2D eigenvalue weighted by Crippen LogP contribution is 2.55. The lowest BCUT2D eigenvalue weighted by Crippen LogP contribution is -2.74. The maximum absolute atomic E-state index is 13.1. The van der Waals surface area contributed by atoms with Crippen molar-refractivity contribution < 1.29 is 14.6 Å². The number of aliphatic hydroxyl groups is 1. The first-order valence-electron chi connectivity index (χ1n) is 12.1. The average Bonchev–Trinajstić information content (AvgIpc) is 2.85. The number of hydrogen-bond acceptors (Lipinski definition) is 6. The van der Waals surface area contributed by atoms with Crippen LogP contribution in [0.5, 0.6) is 5.75 Å². The lowest BCUT2D eigenvalue weighted by Gasteiger charge is -2.63. The molecule has 4 rings (SSSR count). The highest BCUT2D eigenvalue weighted by atomic mass is 35.5. The van der Waals surface area contributed by atoms with Gasteiger partial charge in [0.05, 0.1) is 22.5 Å². The first kappa shape index (κ1) is 25.3. The Labute approximate surface area is 212 Å². The van der Waals surface area contributed by atoms with Crippen LogP contribution < -0.4 is 15.0 Å². The minimum Gasteiger partial charge on any atom is -0.489 e. The predicted molar refractivity (Wildman–Crippen MR) is 136 cm³/mol. The standard InChI is InChI=1S/C27H33ClN4O3/c1-26(2)24(27(3,4)25(26)35-20-7-5-18(14-29)21(28)13-20)31-23(34)22-8-6-19(15-30-22)32-11-9-17(16-33)10-12-32/h5-8,13,15,17,24-25,33H,9-12,16H2,1-4H3,(H,31,34). The number of nitriles is 1. The highest BCUT2D eigenvalue weighted by Gasteiger charge is 2.64. The molecule has 2 heterocycles. The second-order valence-corrected chi connectivity index (χ2v) is 11.2. The van der Waals surface area contributed by atoms with Gasteiger partial charge in [-0.2, -0.15) is 5.26 Å². The fourth-order valence-electron chi connectivity index (χ4n) is 5.88. The molecule has 1 saturated carbocycles. The highest BCUT2D eigenvalue weighted by molar-refractivity contribution is 6.31. The third-order valence-electron chi connectivity index (χ3n) is 7.65. The van der Waals surface area contributed by atoms with Crippen molar-refractivity contribution in [2.75, 3.05) is 24.6 Å². The second-order valence-electron chi connectivity index (χ2n) is 10.8. The van der Waals surface area contributed by atoms with E-state index in [4.69, 9.17) is 21.6 Å². The van der Waals surface area contributed by atoms with Gasteiger partial charge in [0.25, 0.3) is 5.91 Å². The van der Waals surface area contributed by atoms with E-state index >= 15 is 0 Å². The van der Waals surface area contributed by atoms with E-state index in [2.05, 4.69) is 49.0 Å². The van der Waals surface area contributed by atoms with Crippen molar-refractivity contribution in [1.29, 1.82) is 5.26 Å². The predicted octanol–water partition coefficient (Wildman–Crippen LogP) is 4.43.